The highest BCUT2D eigenvalue weighted by atomic mass is 32.2. The van der Waals surface area contributed by atoms with E-state index in [0.29, 0.717) is 36.8 Å². The molecule has 3 saturated carbocycles. The fraction of sp³-hybridized carbons (Fsp3) is 0.786. The van der Waals surface area contributed by atoms with Gasteiger partial charge in [0.15, 0.2) is 0 Å². The summed E-state index contributed by atoms with van der Waals surface area (Å²) in [4.78, 5) is 0. The van der Waals surface area contributed by atoms with Crippen molar-refractivity contribution in [1.82, 2.24) is 0 Å². The van der Waals surface area contributed by atoms with E-state index >= 15 is 0 Å². The zero-order valence-electron chi connectivity index (χ0n) is 21.9. The van der Waals surface area contributed by atoms with E-state index in [1.807, 2.05) is 12.1 Å². The Hall–Kier alpha value is -1.45. The number of halogens is 6. The van der Waals surface area contributed by atoms with Gasteiger partial charge >= 0.3 is 27.2 Å². The molecule has 0 heterocycles. The Morgan fingerprint density at radius 1 is 0.658 bits per heavy atom. The first-order chi connectivity index (χ1) is 17.8. The van der Waals surface area contributed by atoms with E-state index in [1.54, 1.807) is 0 Å². The molecule has 1 aromatic carbocycles. The number of benzene rings is 1. The summed E-state index contributed by atoms with van der Waals surface area (Å²) in [5.41, 5.74) is 1.89. The molecule has 38 heavy (non-hydrogen) atoms. The highest BCUT2D eigenvalue weighted by Crippen LogP contribution is 2.52. The standard InChI is InChI=1S/C28H38F6O3S/c1-26(29,30)27(31,32)28(33,34)38(35,36)37-25-23(20-13-7-3-8-14-20)17-22(19-11-5-2-6-12-19)18-24(25)21-15-9-4-10-16-21/h17-21H,2-16H2,1H3. The van der Waals surface area contributed by atoms with Crippen molar-refractivity contribution >= 4 is 10.1 Å². The van der Waals surface area contributed by atoms with E-state index in [-0.39, 0.29) is 23.5 Å². The predicted molar refractivity (Wildman–Crippen MR) is 134 cm³/mol. The van der Waals surface area contributed by atoms with Gasteiger partial charge in [-0.2, -0.15) is 34.8 Å². The minimum atomic E-state index is -6.48. The first-order valence-electron chi connectivity index (χ1n) is 14.0. The Bertz CT molecular complexity index is 1030. The lowest BCUT2D eigenvalue weighted by atomic mass is 9.75. The molecule has 0 atom stereocenters. The lowest BCUT2D eigenvalue weighted by Gasteiger charge is -2.33. The van der Waals surface area contributed by atoms with Crippen LogP contribution in [0.2, 0.25) is 0 Å². The average Bonchev–Trinajstić information content (AvgIpc) is 2.89. The second-order valence-corrected chi connectivity index (χ2v) is 13.1. The van der Waals surface area contributed by atoms with E-state index in [4.69, 9.17) is 4.18 Å². The molecule has 3 fully saturated rings. The van der Waals surface area contributed by atoms with E-state index in [0.717, 1.165) is 76.2 Å². The molecule has 3 nitrogen and oxygen atoms in total. The van der Waals surface area contributed by atoms with Gasteiger partial charge in [-0.15, -0.1) is 0 Å². The first kappa shape index (κ1) is 29.5. The van der Waals surface area contributed by atoms with Gasteiger partial charge in [0.1, 0.15) is 5.75 Å². The van der Waals surface area contributed by atoms with Crippen LogP contribution in [-0.2, 0) is 10.1 Å². The molecule has 0 spiro atoms. The summed E-state index contributed by atoms with van der Waals surface area (Å²) >= 11 is 0. The lowest BCUT2D eigenvalue weighted by molar-refractivity contribution is -0.272. The molecule has 0 saturated heterocycles. The molecule has 0 bridgehead atoms. The molecular formula is C28H38F6O3S. The topological polar surface area (TPSA) is 43.4 Å². The minimum Gasteiger partial charge on any atom is -0.377 e. The van der Waals surface area contributed by atoms with Gasteiger partial charge in [-0.3, -0.25) is 0 Å². The molecule has 3 aliphatic rings. The second-order valence-electron chi connectivity index (χ2n) is 11.6. The summed E-state index contributed by atoms with van der Waals surface area (Å²) < 4.78 is 115. The van der Waals surface area contributed by atoms with Crippen LogP contribution in [-0.4, -0.2) is 25.5 Å². The fourth-order valence-corrected chi connectivity index (χ4v) is 7.48. The Kier molecular flexibility index (Phi) is 8.71. The van der Waals surface area contributed by atoms with Gasteiger partial charge in [-0.1, -0.05) is 69.9 Å². The largest absolute Gasteiger partial charge is 0.449 e. The molecular weight excluding hydrogens is 530 g/mol. The van der Waals surface area contributed by atoms with Crippen LogP contribution in [0.3, 0.4) is 0 Å². The molecule has 10 heteroatoms. The highest BCUT2D eigenvalue weighted by Gasteiger charge is 2.77. The van der Waals surface area contributed by atoms with Crippen LogP contribution in [0, 0.1) is 0 Å². The SMILES string of the molecule is CC(F)(F)C(F)(F)C(F)(F)S(=O)(=O)Oc1c(C2CCCCC2)cc(C2CCCCC2)cc1C1CCCCC1. The summed E-state index contributed by atoms with van der Waals surface area (Å²) in [5.74, 6) is -11.9. The van der Waals surface area contributed by atoms with Gasteiger partial charge in [0.05, 0.1) is 0 Å². The fourth-order valence-electron chi connectivity index (χ4n) is 6.47. The van der Waals surface area contributed by atoms with Crippen LogP contribution in [0.1, 0.15) is 138 Å². The highest BCUT2D eigenvalue weighted by molar-refractivity contribution is 7.88. The average molecular weight is 569 g/mol. The second kappa shape index (κ2) is 11.2. The molecule has 3 aliphatic carbocycles. The maximum absolute atomic E-state index is 14.7. The van der Waals surface area contributed by atoms with Crippen molar-refractivity contribution in [3.63, 3.8) is 0 Å². The van der Waals surface area contributed by atoms with Gasteiger partial charge in [0.25, 0.3) is 0 Å². The number of rotatable bonds is 8. The number of hydrogen-bond donors (Lipinski definition) is 0. The minimum absolute atomic E-state index is 0.179. The van der Waals surface area contributed by atoms with Crippen LogP contribution in [0.25, 0.3) is 0 Å². The van der Waals surface area contributed by atoms with Gasteiger partial charge in [0.2, 0.25) is 0 Å². The summed E-state index contributed by atoms with van der Waals surface area (Å²) in [6, 6.07) is 3.65. The molecule has 4 rings (SSSR count). The Morgan fingerprint density at radius 3 is 1.39 bits per heavy atom. The molecule has 0 radical (unpaired) electrons. The summed E-state index contributed by atoms with van der Waals surface area (Å²) in [6.07, 6.45) is 13.3. The number of alkyl halides is 6. The normalized spacial score (nSPS) is 22.0. The van der Waals surface area contributed by atoms with Crippen molar-refractivity contribution in [2.45, 2.75) is 138 Å². The van der Waals surface area contributed by atoms with E-state index < -0.39 is 34.1 Å². The van der Waals surface area contributed by atoms with Crippen LogP contribution >= 0.6 is 0 Å². The van der Waals surface area contributed by atoms with Gasteiger partial charge in [-0.25, -0.2) is 0 Å². The van der Waals surface area contributed by atoms with Gasteiger partial charge in [0, 0.05) is 6.92 Å². The van der Waals surface area contributed by atoms with Gasteiger partial charge in [-0.05, 0) is 73.0 Å². The van der Waals surface area contributed by atoms with Crippen LogP contribution < -0.4 is 4.18 Å². The molecule has 0 amide bonds. The third-order valence-electron chi connectivity index (χ3n) is 8.76. The van der Waals surface area contributed by atoms with Crippen molar-refractivity contribution in [2.75, 3.05) is 0 Å². The molecule has 0 unspecified atom stereocenters. The van der Waals surface area contributed by atoms with Crippen molar-refractivity contribution in [2.24, 2.45) is 0 Å². The third-order valence-corrected chi connectivity index (χ3v) is 10.0. The summed E-state index contributed by atoms with van der Waals surface area (Å²) in [5, 5.41) is -6.13. The zero-order chi connectivity index (χ0) is 27.8. The van der Waals surface area contributed by atoms with Crippen molar-refractivity contribution in [3.05, 3.63) is 28.8 Å². The molecule has 0 aromatic heterocycles. The summed E-state index contributed by atoms with van der Waals surface area (Å²) in [7, 11) is -6.48. The van der Waals surface area contributed by atoms with E-state index in [9.17, 15) is 34.8 Å². The molecule has 0 aliphatic heterocycles. The molecule has 216 valence electrons. The van der Waals surface area contributed by atoms with Crippen LogP contribution in [0.15, 0.2) is 12.1 Å². The van der Waals surface area contributed by atoms with E-state index in [2.05, 4.69) is 0 Å². The monoisotopic (exact) mass is 568 g/mol. The van der Waals surface area contributed by atoms with E-state index in [1.165, 1.54) is 0 Å². The van der Waals surface area contributed by atoms with Crippen LogP contribution in [0.4, 0.5) is 26.3 Å². The summed E-state index contributed by atoms with van der Waals surface area (Å²) in [6.45, 7) is -0.420. The van der Waals surface area contributed by atoms with Crippen molar-refractivity contribution in [1.29, 1.82) is 0 Å². The lowest BCUT2D eigenvalue weighted by Crippen LogP contribution is -2.57. The van der Waals surface area contributed by atoms with Crippen molar-refractivity contribution < 1.29 is 38.9 Å². The van der Waals surface area contributed by atoms with Crippen molar-refractivity contribution in [3.8, 4) is 5.75 Å². The quantitative estimate of drug-likeness (QED) is 0.232. The Morgan fingerprint density at radius 2 is 1.03 bits per heavy atom. The molecule has 1 aromatic rings. The maximum atomic E-state index is 14.7. The smallest absolute Gasteiger partial charge is 0.377 e. The Balaban J connectivity index is 1.86. The van der Waals surface area contributed by atoms with Gasteiger partial charge < -0.3 is 4.18 Å². The third kappa shape index (κ3) is 5.71. The van der Waals surface area contributed by atoms with Crippen LogP contribution in [0.5, 0.6) is 5.75 Å². The Labute approximate surface area is 221 Å². The number of hydrogen-bond acceptors (Lipinski definition) is 3. The first-order valence-corrected chi connectivity index (χ1v) is 15.4. The zero-order valence-corrected chi connectivity index (χ0v) is 22.7. The predicted octanol–water partition coefficient (Wildman–Crippen LogP) is 9.42. The maximum Gasteiger partial charge on any atom is 0.449 e. The molecule has 0 N–H and O–H groups in total.